The topological polar surface area (TPSA) is 97.6 Å². The largest absolute Gasteiger partial charge is 0.337 e. The zero-order chi connectivity index (χ0) is 16.9. The molecule has 24 heavy (non-hydrogen) atoms. The maximum Gasteiger partial charge on any atom is 0.320 e. The summed E-state index contributed by atoms with van der Waals surface area (Å²) < 4.78 is 1.71. The summed E-state index contributed by atoms with van der Waals surface area (Å²) in [4.78, 5) is 21.0. The van der Waals surface area contributed by atoms with Crippen LogP contribution in [0.1, 0.15) is 42.5 Å². The highest BCUT2D eigenvalue weighted by Gasteiger charge is 2.16. The molecule has 0 saturated heterocycles. The molecule has 2 heterocycles. The lowest BCUT2D eigenvalue weighted by molar-refractivity contribution is 0.252. The third-order valence-electron chi connectivity index (χ3n) is 4.05. The van der Waals surface area contributed by atoms with Gasteiger partial charge in [0, 0.05) is 30.9 Å². The predicted octanol–water partition coefficient (Wildman–Crippen LogP) is 1.64. The number of hydrogen-bond acceptors (Lipinski definition) is 5. The highest BCUT2D eigenvalue weighted by molar-refractivity contribution is 5.87. The van der Waals surface area contributed by atoms with E-state index in [4.69, 9.17) is 0 Å². The minimum Gasteiger partial charge on any atom is -0.337 e. The summed E-state index contributed by atoms with van der Waals surface area (Å²) in [5.41, 5.74) is 3.55. The van der Waals surface area contributed by atoms with Gasteiger partial charge in [-0.05, 0) is 38.2 Å². The molecule has 2 aromatic heterocycles. The molecule has 0 bridgehead atoms. The first-order chi connectivity index (χ1) is 11.7. The van der Waals surface area contributed by atoms with Gasteiger partial charge in [0.25, 0.3) is 0 Å². The van der Waals surface area contributed by atoms with Crippen molar-refractivity contribution in [1.29, 1.82) is 0 Å². The third-order valence-corrected chi connectivity index (χ3v) is 4.05. The van der Waals surface area contributed by atoms with Crippen LogP contribution < -0.4 is 10.6 Å². The number of fused-ring (bicyclic) bond motifs is 1. The highest BCUT2D eigenvalue weighted by Crippen LogP contribution is 2.22. The number of nitrogens with one attached hydrogen (secondary N) is 2. The van der Waals surface area contributed by atoms with Crippen LogP contribution in [0.2, 0.25) is 0 Å². The summed E-state index contributed by atoms with van der Waals surface area (Å²) in [7, 11) is 0. The minimum absolute atomic E-state index is 0.295. The van der Waals surface area contributed by atoms with E-state index in [1.165, 1.54) is 11.3 Å². The van der Waals surface area contributed by atoms with Crippen LogP contribution in [0.5, 0.6) is 0 Å². The lowest BCUT2D eigenvalue weighted by Gasteiger charge is -2.08. The molecule has 2 amide bonds. The number of urea groups is 1. The molecule has 0 aliphatic heterocycles. The van der Waals surface area contributed by atoms with Crippen molar-refractivity contribution < 1.29 is 4.79 Å². The molecule has 1 aliphatic carbocycles. The molecule has 3 rings (SSSR count). The summed E-state index contributed by atoms with van der Waals surface area (Å²) in [5, 5.41) is 13.3. The van der Waals surface area contributed by atoms with Crippen molar-refractivity contribution >= 4 is 11.8 Å². The summed E-state index contributed by atoms with van der Waals surface area (Å²) >= 11 is 0. The van der Waals surface area contributed by atoms with Gasteiger partial charge in [-0.15, -0.1) is 5.10 Å². The Morgan fingerprint density at radius 1 is 1.33 bits per heavy atom. The standard InChI is InChI=1S/C16H23N7O/c1-3-9-23-10-15(21-22-23)20-16(24)17-8-7-14-18-11(2)12-5-4-6-13(12)19-14/h10H,3-9H2,1-2H3,(H2,17,20,24). The van der Waals surface area contributed by atoms with Crippen molar-refractivity contribution in [2.45, 2.75) is 52.5 Å². The second kappa shape index (κ2) is 7.37. The first-order valence-electron chi connectivity index (χ1n) is 8.46. The molecule has 2 N–H and O–H groups in total. The second-order valence-corrected chi connectivity index (χ2v) is 6.00. The number of anilines is 1. The number of amides is 2. The van der Waals surface area contributed by atoms with Crippen LogP contribution in [0.15, 0.2) is 6.20 Å². The van der Waals surface area contributed by atoms with E-state index in [0.717, 1.165) is 43.7 Å². The van der Waals surface area contributed by atoms with Gasteiger partial charge in [0.05, 0.1) is 6.20 Å². The molecule has 8 heteroatoms. The Hall–Kier alpha value is -2.51. The monoisotopic (exact) mass is 329 g/mol. The van der Waals surface area contributed by atoms with E-state index in [9.17, 15) is 4.79 Å². The van der Waals surface area contributed by atoms with Crippen LogP contribution in [-0.2, 0) is 25.8 Å². The van der Waals surface area contributed by atoms with Gasteiger partial charge in [-0.25, -0.2) is 14.8 Å². The molecule has 0 unspecified atom stereocenters. The Labute approximate surface area is 141 Å². The average molecular weight is 329 g/mol. The predicted molar refractivity (Wildman–Crippen MR) is 89.8 cm³/mol. The highest BCUT2D eigenvalue weighted by atomic mass is 16.2. The van der Waals surface area contributed by atoms with E-state index < -0.39 is 0 Å². The van der Waals surface area contributed by atoms with E-state index in [1.54, 1.807) is 10.9 Å². The fraction of sp³-hybridized carbons (Fsp3) is 0.562. The Morgan fingerprint density at radius 3 is 3.04 bits per heavy atom. The molecule has 8 nitrogen and oxygen atoms in total. The van der Waals surface area contributed by atoms with E-state index in [2.05, 4.69) is 37.8 Å². The van der Waals surface area contributed by atoms with Gasteiger partial charge < -0.3 is 5.32 Å². The Bertz CT molecular complexity index is 725. The van der Waals surface area contributed by atoms with Crippen LogP contribution >= 0.6 is 0 Å². The molecule has 0 atom stereocenters. The fourth-order valence-corrected chi connectivity index (χ4v) is 2.94. The van der Waals surface area contributed by atoms with Crippen molar-refractivity contribution in [3.05, 3.63) is 29.0 Å². The lowest BCUT2D eigenvalue weighted by atomic mass is 10.2. The molecular formula is C16H23N7O. The minimum atomic E-state index is -0.295. The molecule has 128 valence electrons. The zero-order valence-electron chi connectivity index (χ0n) is 14.2. The van der Waals surface area contributed by atoms with Crippen molar-refractivity contribution in [2.24, 2.45) is 0 Å². The number of nitrogens with zero attached hydrogens (tertiary/aromatic N) is 5. The Balaban J connectivity index is 1.47. The van der Waals surface area contributed by atoms with Gasteiger partial charge in [0.15, 0.2) is 5.82 Å². The van der Waals surface area contributed by atoms with E-state index in [-0.39, 0.29) is 6.03 Å². The average Bonchev–Trinajstić information content (AvgIpc) is 3.17. The van der Waals surface area contributed by atoms with E-state index in [0.29, 0.717) is 18.8 Å². The summed E-state index contributed by atoms with van der Waals surface area (Å²) in [6.07, 6.45) is 6.58. The van der Waals surface area contributed by atoms with Crippen molar-refractivity contribution in [1.82, 2.24) is 30.3 Å². The molecule has 0 saturated carbocycles. The van der Waals surface area contributed by atoms with Gasteiger partial charge in [0.2, 0.25) is 0 Å². The van der Waals surface area contributed by atoms with Gasteiger partial charge in [-0.2, -0.15) is 0 Å². The number of carbonyl (C=O) groups is 1. The first-order valence-corrected chi connectivity index (χ1v) is 8.46. The van der Waals surface area contributed by atoms with Gasteiger partial charge >= 0.3 is 6.03 Å². The normalized spacial score (nSPS) is 12.9. The Morgan fingerprint density at radius 2 is 2.21 bits per heavy atom. The molecule has 1 aliphatic rings. The van der Waals surface area contributed by atoms with Crippen LogP contribution in [0.4, 0.5) is 10.6 Å². The van der Waals surface area contributed by atoms with Crippen LogP contribution in [0.3, 0.4) is 0 Å². The smallest absolute Gasteiger partial charge is 0.320 e. The SMILES string of the molecule is CCCn1cc(NC(=O)NCCc2nc(C)c3c(n2)CCC3)nn1. The molecule has 2 aromatic rings. The van der Waals surface area contributed by atoms with Gasteiger partial charge in [0.1, 0.15) is 5.82 Å². The van der Waals surface area contributed by atoms with E-state index in [1.807, 2.05) is 6.92 Å². The molecular weight excluding hydrogens is 306 g/mol. The quantitative estimate of drug-likeness (QED) is 0.839. The van der Waals surface area contributed by atoms with Crippen LogP contribution in [-0.4, -0.2) is 37.5 Å². The fourth-order valence-electron chi connectivity index (χ4n) is 2.94. The summed E-state index contributed by atoms with van der Waals surface area (Å²) in [6, 6.07) is -0.295. The molecule has 0 radical (unpaired) electrons. The number of carbonyl (C=O) groups excluding carboxylic acids is 1. The number of aromatic nitrogens is 5. The summed E-state index contributed by atoms with van der Waals surface area (Å²) in [5.74, 6) is 1.24. The van der Waals surface area contributed by atoms with Crippen LogP contribution in [0, 0.1) is 6.92 Å². The second-order valence-electron chi connectivity index (χ2n) is 6.00. The zero-order valence-corrected chi connectivity index (χ0v) is 14.2. The summed E-state index contributed by atoms with van der Waals surface area (Å²) in [6.45, 7) is 5.36. The molecule has 0 fully saturated rings. The van der Waals surface area contributed by atoms with Crippen molar-refractivity contribution in [3.63, 3.8) is 0 Å². The van der Waals surface area contributed by atoms with Crippen molar-refractivity contribution in [2.75, 3.05) is 11.9 Å². The molecule has 0 aromatic carbocycles. The van der Waals surface area contributed by atoms with Crippen LogP contribution in [0.25, 0.3) is 0 Å². The molecule has 0 spiro atoms. The van der Waals surface area contributed by atoms with Gasteiger partial charge in [-0.1, -0.05) is 12.1 Å². The number of hydrogen-bond donors (Lipinski definition) is 2. The number of rotatable bonds is 6. The van der Waals surface area contributed by atoms with Crippen molar-refractivity contribution in [3.8, 4) is 0 Å². The maximum atomic E-state index is 11.9. The first kappa shape index (κ1) is 16.4. The van der Waals surface area contributed by atoms with E-state index >= 15 is 0 Å². The van der Waals surface area contributed by atoms with Gasteiger partial charge in [-0.3, -0.25) is 10.00 Å². The number of aryl methyl sites for hydroxylation is 3. The maximum absolute atomic E-state index is 11.9. The Kier molecular flexibility index (Phi) is 5.02. The third kappa shape index (κ3) is 3.87. The lowest BCUT2D eigenvalue weighted by Crippen LogP contribution is -2.31.